The summed E-state index contributed by atoms with van der Waals surface area (Å²) in [5.74, 6) is -3.90. The van der Waals surface area contributed by atoms with Gasteiger partial charge < -0.3 is 4.74 Å². The lowest BCUT2D eigenvalue weighted by molar-refractivity contribution is -0.384. The fraction of sp³-hybridized carbons (Fsp3) is 0.129. The number of rotatable bonds is 4. The highest BCUT2D eigenvalue weighted by Crippen LogP contribution is 2.66. The number of ketones is 1. The van der Waals surface area contributed by atoms with Gasteiger partial charge in [0.05, 0.1) is 22.4 Å². The first-order valence-electron chi connectivity index (χ1n) is 12.5. The Bertz CT molecular complexity index is 1700. The molecule has 2 saturated heterocycles. The number of nitro groups is 1. The Morgan fingerprint density at radius 2 is 1.26 bits per heavy atom. The zero-order valence-electron chi connectivity index (χ0n) is 20.4. The first-order valence-corrected chi connectivity index (χ1v) is 12.5. The van der Waals surface area contributed by atoms with E-state index in [2.05, 4.69) is 0 Å². The quantitative estimate of drug-likeness (QED) is 0.220. The molecule has 2 fully saturated rings. The molecule has 3 aliphatic rings. The van der Waals surface area contributed by atoms with Crippen molar-refractivity contribution >= 4 is 29.0 Å². The summed E-state index contributed by atoms with van der Waals surface area (Å²) < 4.78 is 6.91. The zero-order valence-corrected chi connectivity index (χ0v) is 20.4. The number of Topliss-reactive ketones (excluding diaryl/α,β-unsaturated/α-hetero) is 1. The van der Waals surface area contributed by atoms with Gasteiger partial charge in [-0.05, 0) is 17.2 Å². The average molecular weight is 517 g/mol. The second-order valence-electron chi connectivity index (χ2n) is 9.92. The van der Waals surface area contributed by atoms with Gasteiger partial charge in [-0.25, -0.2) is 4.90 Å². The van der Waals surface area contributed by atoms with Crippen LogP contribution in [0.3, 0.4) is 0 Å². The van der Waals surface area contributed by atoms with Crippen molar-refractivity contribution in [2.24, 2.45) is 11.8 Å². The predicted octanol–water partition coefficient (Wildman–Crippen LogP) is 4.77. The molecule has 0 radical (unpaired) electrons. The molecule has 7 rings (SSSR count). The predicted molar refractivity (Wildman–Crippen MR) is 140 cm³/mol. The minimum Gasteiger partial charge on any atom is -0.344 e. The van der Waals surface area contributed by atoms with Crippen LogP contribution in [0.4, 0.5) is 11.4 Å². The number of non-ortho nitro benzene ring substituents is 1. The fourth-order valence-corrected chi connectivity index (χ4v) is 6.62. The second-order valence-corrected chi connectivity index (χ2v) is 9.92. The van der Waals surface area contributed by atoms with Crippen molar-refractivity contribution in [3.05, 3.63) is 142 Å². The Balaban J connectivity index is 1.56. The van der Waals surface area contributed by atoms with E-state index in [1.54, 1.807) is 54.6 Å². The van der Waals surface area contributed by atoms with Gasteiger partial charge in [-0.3, -0.25) is 24.5 Å². The smallest absolute Gasteiger partial charge is 0.271 e. The third-order valence-electron chi connectivity index (χ3n) is 8.12. The molecule has 0 N–H and O–H groups in total. The van der Waals surface area contributed by atoms with Gasteiger partial charge in [0.2, 0.25) is 17.6 Å². The molecule has 2 bridgehead atoms. The Hall–Kier alpha value is -4.95. The van der Waals surface area contributed by atoms with Crippen molar-refractivity contribution in [2.75, 3.05) is 4.90 Å². The fourth-order valence-electron chi connectivity index (χ4n) is 6.62. The van der Waals surface area contributed by atoms with Crippen LogP contribution in [0.25, 0.3) is 0 Å². The van der Waals surface area contributed by atoms with Crippen LogP contribution in [0.5, 0.6) is 0 Å². The van der Waals surface area contributed by atoms with E-state index in [-0.39, 0.29) is 11.4 Å². The number of benzene rings is 4. The average Bonchev–Trinajstić information content (AvgIpc) is 3.43. The van der Waals surface area contributed by atoms with Crippen molar-refractivity contribution in [3.8, 4) is 0 Å². The van der Waals surface area contributed by atoms with Crippen molar-refractivity contribution in [2.45, 2.75) is 11.2 Å². The molecule has 2 amide bonds. The van der Waals surface area contributed by atoms with Crippen LogP contribution < -0.4 is 4.90 Å². The number of carbonyl (C=O) groups is 3. The van der Waals surface area contributed by atoms with Crippen LogP contribution in [0.2, 0.25) is 0 Å². The number of hydrogen-bond donors (Lipinski definition) is 0. The number of carbonyl (C=O) groups excluding carboxylic acids is 3. The van der Waals surface area contributed by atoms with Crippen molar-refractivity contribution in [1.29, 1.82) is 0 Å². The van der Waals surface area contributed by atoms with Gasteiger partial charge in [0.25, 0.3) is 5.69 Å². The van der Waals surface area contributed by atoms with E-state index in [1.165, 1.54) is 24.3 Å². The lowest BCUT2D eigenvalue weighted by atomic mass is 9.72. The van der Waals surface area contributed by atoms with Gasteiger partial charge in [-0.1, -0.05) is 91.0 Å². The molecular formula is C31H20N2O6. The van der Waals surface area contributed by atoms with Gasteiger partial charge >= 0.3 is 0 Å². The molecule has 4 unspecified atom stereocenters. The summed E-state index contributed by atoms with van der Waals surface area (Å²) in [6.45, 7) is 0. The Morgan fingerprint density at radius 3 is 1.90 bits per heavy atom. The summed E-state index contributed by atoms with van der Waals surface area (Å²) in [5.41, 5.74) is -1.38. The van der Waals surface area contributed by atoms with E-state index in [0.29, 0.717) is 22.3 Å². The molecule has 39 heavy (non-hydrogen) atoms. The van der Waals surface area contributed by atoms with Gasteiger partial charge in [-0.15, -0.1) is 0 Å². The highest BCUT2D eigenvalue weighted by atomic mass is 16.6. The lowest BCUT2D eigenvalue weighted by Gasteiger charge is -2.43. The van der Waals surface area contributed by atoms with Crippen LogP contribution in [-0.2, 0) is 25.5 Å². The van der Waals surface area contributed by atoms with Crippen LogP contribution in [0, 0.1) is 22.0 Å². The van der Waals surface area contributed by atoms with Crippen LogP contribution in [0.15, 0.2) is 109 Å². The highest BCUT2D eigenvalue weighted by molar-refractivity contribution is 6.26. The summed E-state index contributed by atoms with van der Waals surface area (Å²) in [5, 5.41) is 11.5. The summed E-state index contributed by atoms with van der Waals surface area (Å²) in [7, 11) is 0. The van der Waals surface area contributed by atoms with Crippen molar-refractivity contribution in [3.63, 3.8) is 0 Å². The van der Waals surface area contributed by atoms with Gasteiger partial charge in [0, 0.05) is 23.3 Å². The van der Waals surface area contributed by atoms with E-state index >= 15 is 0 Å². The molecule has 0 aromatic heterocycles. The highest BCUT2D eigenvalue weighted by Gasteiger charge is 2.78. The number of nitro benzene ring substituents is 1. The van der Waals surface area contributed by atoms with Gasteiger partial charge in [-0.2, -0.15) is 0 Å². The largest absolute Gasteiger partial charge is 0.344 e. The number of fused-ring (bicyclic) bond motifs is 7. The molecule has 4 aromatic carbocycles. The number of hydrogen-bond acceptors (Lipinski definition) is 6. The number of ether oxygens (including phenoxy) is 1. The minimum atomic E-state index is -1.78. The number of amides is 2. The van der Waals surface area contributed by atoms with E-state index in [1.807, 2.05) is 30.3 Å². The summed E-state index contributed by atoms with van der Waals surface area (Å²) in [6.07, 6.45) is 0. The third-order valence-corrected chi connectivity index (χ3v) is 8.12. The SMILES string of the molecule is O=C1C2C(C(=O)N1c1cccc([N+](=O)[O-])c1)C1(c3ccccc3)OC2(c2ccccc2)C(=O)c2ccccc21. The van der Waals surface area contributed by atoms with Crippen LogP contribution in [0.1, 0.15) is 27.0 Å². The molecule has 4 aromatic rings. The Kier molecular flexibility index (Phi) is 4.77. The number of nitrogens with zero attached hydrogens (tertiary/aromatic N) is 2. The van der Waals surface area contributed by atoms with E-state index < -0.39 is 45.6 Å². The Labute approximate surface area is 222 Å². The van der Waals surface area contributed by atoms with Gasteiger partial charge in [0.1, 0.15) is 5.60 Å². The van der Waals surface area contributed by atoms with E-state index in [9.17, 15) is 24.5 Å². The molecule has 0 saturated carbocycles. The van der Waals surface area contributed by atoms with Crippen LogP contribution in [-0.4, -0.2) is 22.5 Å². The number of anilines is 1. The third kappa shape index (κ3) is 2.83. The standard InChI is InChI=1S/C31H20N2O6/c34-27-23-16-7-8-17-24(23)30(19-10-3-1-4-11-19)25-26(31(27,39-30)20-12-5-2-6-13-20)29(36)32(28(25)35)21-14-9-15-22(18-21)33(37)38/h1-18,25-26H. The summed E-state index contributed by atoms with van der Waals surface area (Å²) in [4.78, 5) is 55.2. The van der Waals surface area contributed by atoms with Gasteiger partial charge in [0.15, 0.2) is 5.60 Å². The molecule has 0 spiro atoms. The second kappa shape index (κ2) is 8.02. The lowest BCUT2D eigenvalue weighted by Crippen LogP contribution is -2.51. The first-order chi connectivity index (χ1) is 18.9. The van der Waals surface area contributed by atoms with Crippen LogP contribution >= 0.6 is 0 Å². The number of imide groups is 1. The van der Waals surface area contributed by atoms with Crippen molar-refractivity contribution < 1.29 is 24.0 Å². The monoisotopic (exact) mass is 516 g/mol. The van der Waals surface area contributed by atoms with E-state index in [0.717, 1.165) is 4.90 Å². The zero-order chi connectivity index (χ0) is 26.9. The summed E-state index contributed by atoms with van der Waals surface area (Å²) in [6, 6.07) is 30.4. The topological polar surface area (TPSA) is 107 Å². The van der Waals surface area contributed by atoms with Crippen molar-refractivity contribution in [1.82, 2.24) is 0 Å². The molecular weight excluding hydrogens is 496 g/mol. The molecule has 190 valence electrons. The molecule has 4 atom stereocenters. The summed E-state index contributed by atoms with van der Waals surface area (Å²) >= 11 is 0. The molecule has 0 aliphatic carbocycles. The molecule has 3 heterocycles. The maximum absolute atomic E-state index is 14.5. The Morgan fingerprint density at radius 1 is 0.692 bits per heavy atom. The minimum absolute atomic E-state index is 0.0823. The molecule has 8 heteroatoms. The molecule has 8 nitrogen and oxygen atoms in total. The maximum atomic E-state index is 14.5. The first kappa shape index (κ1) is 23.2. The molecule has 3 aliphatic heterocycles. The normalized spacial score (nSPS) is 26.9. The maximum Gasteiger partial charge on any atom is 0.271 e. The van der Waals surface area contributed by atoms with E-state index in [4.69, 9.17) is 4.74 Å².